The van der Waals surface area contributed by atoms with E-state index in [4.69, 9.17) is 9.84 Å². The first kappa shape index (κ1) is 10.9. The average molecular weight is 160 g/mol. The molecule has 0 saturated heterocycles. The summed E-state index contributed by atoms with van der Waals surface area (Å²) in [5.74, 6) is 1.02. The van der Waals surface area contributed by atoms with E-state index in [1.807, 2.05) is 0 Å². The Kier molecular flexibility index (Phi) is 6.57. The quantitative estimate of drug-likeness (QED) is 0.640. The van der Waals surface area contributed by atoms with Crippen molar-refractivity contribution >= 4 is 0 Å². The Balaban J connectivity index is 3.51. The molecule has 0 amide bonds. The molecule has 0 saturated carbocycles. The summed E-state index contributed by atoms with van der Waals surface area (Å²) < 4.78 is 4.97. The fourth-order valence-corrected chi connectivity index (χ4v) is 1.25. The van der Waals surface area contributed by atoms with E-state index in [1.165, 1.54) is 0 Å². The van der Waals surface area contributed by atoms with Gasteiger partial charge < -0.3 is 9.84 Å². The van der Waals surface area contributed by atoms with E-state index in [0.717, 1.165) is 19.4 Å². The highest BCUT2D eigenvalue weighted by Crippen LogP contribution is 2.17. The second kappa shape index (κ2) is 6.62. The highest BCUT2D eigenvalue weighted by Gasteiger charge is 2.13. The predicted octanol–water partition coefficient (Wildman–Crippen LogP) is 1.68. The Morgan fingerprint density at radius 2 is 2.09 bits per heavy atom. The molecule has 68 valence electrons. The zero-order valence-corrected chi connectivity index (χ0v) is 7.84. The van der Waals surface area contributed by atoms with Crippen molar-refractivity contribution in [3.63, 3.8) is 0 Å². The van der Waals surface area contributed by atoms with E-state index < -0.39 is 0 Å². The molecule has 0 rings (SSSR count). The van der Waals surface area contributed by atoms with Gasteiger partial charge in [-0.2, -0.15) is 0 Å². The molecule has 0 aromatic heterocycles. The van der Waals surface area contributed by atoms with Crippen molar-refractivity contribution < 1.29 is 9.84 Å². The molecule has 0 fully saturated rings. The van der Waals surface area contributed by atoms with Gasteiger partial charge in [0.1, 0.15) is 0 Å². The van der Waals surface area contributed by atoms with Gasteiger partial charge in [-0.1, -0.05) is 20.3 Å². The fraction of sp³-hybridized carbons (Fsp3) is 1.00. The monoisotopic (exact) mass is 160 g/mol. The Hall–Kier alpha value is -0.0800. The van der Waals surface area contributed by atoms with Gasteiger partial charge in [-0.25, -0.2) is 0 Å². The summed E-state index contributed by atoms with van der Waals surface area (Å²) in [7, 11) is 1.71. The number of rotatable bonds is 6. The van der Waals surface area contributed by atoms with E-state index in [0.29, 0.717) is 18.4 Å². The third kappa shape index (κ3) is 4.38. The summed E-state index contributed by atoms with van der Waals surface area (Å²) in [5, 5.41) is 8.95. The summed E-state index contributed by atoms with van der Waals surface area (Å²) in [5.41, 5.74) is 0. The van der Waals surface area contributed by atoms with Crippen molar-refractivity contribution in [2.75, 3.05) is 20.3 Å². The van der Waals surface area contributed by atoms with E-state index in [-0.39, 0.29) is 0 Å². The van der Waals surface area contributed by atoms with Crippen LogP contribution in [0, 0.1) is 11.8 Å². The summed E-state index contributed by atoms with van der Waals surface area (Å²) >= 11 is 0. The highest BCUT2D eigenvalue weighted by atomic mass is 16.5. The lowest BCUT2D eigenvalue weighted by Crippen LogP contribution is -2.16. The van der Waals surface area contributed by atoms with Crippen LogP contribution in [0.1, 0.15) is 26.7 Å². The van der Waals surface area contributed by atoms with Crippen LogP contribution in [0.2, 0.25) is 0 Å². The lowest BCUT2D eigenvalue weighted by molar-refractivity contribution is 0.132. The SMILES string of the molecule is CCC(CO)C(C)CCOC. The lowest BCUT2D eigenvalue weighted by atomic mass is 9.90. The number of aliphatic hydroxyl groups is 1. The first-order valence-corrected chi connectivity index (χ1v) is 4.36. The molecule has 0 aliphatic carbocycles. The number of methoxy groups -OCH3 is 1. The summed E-state index contributed by atoms with van der Waals surface area (Å²) in [6.45, 7) is 5.40. The number of aliphatic hydroxyl groups excluding tert-OH is 1. The molecule has 2 atom stereocenters. The molecule has 2 heteroatoms. The first-order valence-electron chi connectivity index (χ1n) is 4.36. The van der Waals surface area contributed by atoms with Crippen LogP contribution in [0.3, 0.4) is 0 Å². The van der Waals surface area contributed by atoms with Gasteiger partial charge in [0, 0.05) is 20.3 Å². The molecule has 0 aliphatic rings. The van der Waals surface area contributed by atoms with Gasteiger partial charge in [-0.15, -0.1) is 0 Å². The number of hydrogen-bond donors (Lipinski definition) is 1. The first-order chi connectivity index (χ1) is 5.26. The second-order valence-electron chi connectivity index (χ2n) is 3.11. The van der Waals surface area contributed by atoms with Gasteiger partial charge in [0.2, 0.25) is 0 Å². The van der Waals surface area contributed by atoms with Crippen molar-refractivity contribution in [3.8, 4) is 0 Å². The van der Waals surface area contributed by atoms with Crippen molar-refractivity contribution in [2.24, 2.45) is 11.8 Å². The van der Waals surface area contributed by atoms with Crippen molar-refractivity contribution in [1.29, 1.82) is 0 Å². The topological polar surface area (TPSA) is 29.5 Å². The molecule has 0 aliphatic heterocycles. The van der Waals surface area contributed by atoms with Gasteiger partial charge >= 0.3 is 0 Å². The Labute approximate surface area is 69.6 Å². The molecule has 11 heavy (non-hydrogen) atoms. The van der Waals surface area contributed by atoms with Crippen molar-refractivity contribution in [1.82, 2.24) is 0 Å². The van der Waals surface area contributed by atoms with E-state index in [1.54, 1.807) is 7.11 Å². The summed E-state index contributed by atoms with van der Waals surface area (Å²) in [4.78, 5) is 0. The Bertz CT molecular complexity index is 79.6. The van der Waals surface area contributed by atoms with Crippen LogP contribution in [0.4, 0.5) is 0 Å². The predicted molar refractivity (Wildman–Crippen MR) is 46.5 cm³/mol. The standard InChI is InChI=1S/C9H20O2/c1-4-9(7-10)8(2)5-6-11-3/h8-10H,4-7H2,1-3H3. The molecule has 1 N–H and O–H groups in total. The van der Waals surface area contributed by atoms with Crippen molar-refractivity contribution in [2.45, 2.75) is 26.7 Å². The third-order valence-electron chi connectivity index (χ3n) is 2.34. The minimum absolute atomic E-state index is 0.307. The van der Waals surface area contributed by atoms with E-state index in [9.17, 15) is 0 Å². The van der Waals surface area contributed by atoms with Gasteiger partial charge in [0.25, 0.3) is 0 Å². The van der Waals surface area contributed by atoms with Crippen LogP contribution in [-0.2, 0) is 4.74 Å². The Morgan fingerprint density at radius 1 is 1.45 bits per heavy atom. The van der Waals surface area contributed by atoms with E-state index in [2.05, 4.69) is 13.8 Å². The largest absolute Gasteiger partial charge is 0.396 e. The maximum atomic E-state index is 8.95. The highest BCUT2D eigenvalue weighted by molar-refractivity contribution is 4.63. The molecule has 2 unspecified atom stereocenters. The molecule has 0 spiro atoms. The molecule has 0 aromatic carbocycles. The van der Waals surface area contributed by atoms with Crippen LogP contribution < -0.4 is 0 Å². The van der Waals surface area contributed by atoms with Gasteiger partial charge in [-0.3, -0.25) is 0 Å². The second-order valence-corrected chi connectivity index (χ2v) is 3.11. The average Bonchev–Trinajstić information content (AvgIpc) is 2.03. The number of ether oxygens (including phenoxy) is 1. The van der Waals surface area contributed by atoms with Gasteiger partial charge in [0.15, 0.2) is 0 Å². The van der Waals surface area contributed by atoms with Gasteiger partial charge in [0.05, 0.1) is 0 Å². The summed E-state index contributed by atoms with van der Waals surface area (Å²) in [6.07, 6.45) is 2.11. The summed E-state index contributed by atoms with van der Waals surface area (Å²) in [6, 6.07) is 0. The molecule has 0 aromatic rings. The molecule has 0 radical (unpaired) electrons. The van der Waals surface area contributed by atoms with Crippen LogP contribution in [-0.4, -0.2) is 25.4 Å². The number of hydrogen-bond acceptors (Lipinski definition) is 2. The third-order valence-corrected chi connectivity index (χ3v) is 2.34. The molecule has 0 bridgehead atoms. The van der Waals surface area contributed by atoms with Gasteiger partial charge in [-0.05, 0) is 18.3 Å². The molecule has 0 heterocycles. The normalized spacial score (nSPS) is 16.4. The zero-order valence-electron chi connectivity index (χ0n) is 7.84. The maximum Gasteiger partial charge on any atom is 0.0464 e. The zero-order chi connectivity index (χ0) is 8.69. The van der Waals surface area contributed by atoms with Crippen LogP contribution in [0.5, 0.6) is 0 Å². The Morgan fingerprint density at radius 3 is 2.45 bits per heavy atom. The van der Waals surface area contributed by atoms with Crippen LogP contribution in [0.25, 0.3) is 0 Å². The molecular formula is C9H20O2. The minimum Gasteiger partial charge on any atom is -0.396 e. The maximum absolute atomic E-state index is 8.95. The molecule has 2 nitrogen and oxygen atoms in total. The van der Waals surface area contributed by atoms with Crippen LogP contribution in [0.15, 0.2) is 0 Å². The van der Waals surface area contributed by atoms with E-state index >= 15 is 0 Å². The van der Waals surface area contributed by atoms with Crippen molar-refractivity contribution in [3.05, 3.63) is 0 Å². The van der Waals surface area contributed by atoms with Crippen LogP contribution >= 0.6 is 0 Å². The molecular weight excluding hydrogens is 140 g/mol. The minimum atomic E-state index is 0.307. The lowest BCUT2D eigenvalue weighted by Gasteiger charge is -2.19. The smallest absolute Gasteiger partial charge is 0.0464 e. The fourth-order valence-electron chi connectivity index (χ4n) is 1.25.